The summed E-state index contributed by atoms with van der Waals surface area (Å²) in [5, 5.41) is 0. The number of aromatic nitrogens is 1. The first-order valence-corrected chi connectivity index (χ1v) is 5.03. The van der Waals surface area contributed by atoms with Gasteiger partial charge in [-0.25, -0.2) is 9.59 Å². The van der Waals surface area contributed by atoms with Gasteiger partial charge in [-0.15, -0.1) is 0 Å². The van der Waals surface area contributed by atoms with E-state index in [1.807, 2.05) is 0 Å². The minimum Gasteiger partial charge on any atom is -0.463 e. The molecule has 0 atom stereocenters. The molecule has 0 bridgehead atoms. The molecule has 1 N–H and O–H groups in total. The van der Waals surface area contributed by atoms with Gasteiger partial charge in [0, 0.05) is 11.9 Å². The smallest absolute Gasteiger partial charge is 0.344 e. The molecule has 0 unspecified atom stereocenters. The van der Waals surface area contributed by atoms with E-state index in [9.17, 15) is 9.59 Å². The summed E-state index contributed by atoms with van der Waals surface area (Å²) in [6.07, 6.45) is 1.72. The van der Waals surface area contributed by atoms with Crippen LogP contribution in [0.5, 0.6) is 0 Å². The van der Waals surface area contributed by atoms with Gasteiger partial charge in [0.25, 0.3) is 0 Å². The lowest BCUT2D eigenvalue weighted by Gasteiger charge is -2.04. The van der Waals surface area contributed by atoms with E-state index in [2.05, 4.69) is 9.72 Å². The number of carbonyl (C=O) groups is 2. The highest BCUT2D eigenvalue weighted by Crippen LogP contribution is 2.13. The lowest BCUT2D eigenvalue weighted by Crippen LogP contribution is -2.17. The first-order valence-electron chi connectivity index (χ1n) is 5.03. The van der Waals surface area contributed by atoms with Crippen molar-refractivity contribution < 1.29 is 19.1 Å². The zero-order valence-corrected chi connectivity index (χ0v) is 9.62. The van der Waals surface area contributed by atoms with Crippen LogP contribution in [0.1, 0.15) is 28.5 Å². The van der Waals surface area contributed by atoms with Crippen LogP contribution in [0, 0.1) is 13.8 Å². The van der Waals surface area contributed by atoms with E-state index in [1.54, 1.807) is 27.0 Å². The third-order valence-corrected chi connectivity index (χ3v) is 2.11. The second-order valence-corrected chi connectivity index (χ2v) is 3.35. The molecule has 5 nitrogen and oxygen atoms in total. The summed E-state index contributed by atoms with van der Waals surface area (Å²) in [7, 11) is 0. The van der Waals surface area contributed by atoms with Gasteiger partial charge in [0.05, 0.1) is 12.2 Å². The van der Waals surface area contributed by atoms with Gasteiger partial charge in [-0.1, -0.05) is 0 Å². The number of aromatic amines is 1. The maximum Gasteiger partial charge on any atom is 0.344 e. The molecule has 5 heteroatoms. The molecule has 0 spiro atoms. The molecule has 1 rings (SSSR count). The van der Waals surface area contributed by atoms with Crippen LogP contribution in [0.25, 0.3) is 0 Å². The van der Waals surface area contributed by atoms with Crippen molar-refractivity contribution >= 4 is 11.9 Å². The van der Waals surface area contributed by atoms with Crippen molar-refractivity contribution in [1.82, 2.24) is 4.98 Å². The maximum absolute atomic E-state index is 11.6. The fourth-order valence-electron chi connectivity index (χ4n) is 1.37. The predicted molar refractivity (Wildman–Crippen MR) is 57.2 cm³/mol. The van der Waals surface area contributed by atoms with E-state index in [0.29, 0.717) is 5.56 Å². The predicted octanol–water partition coefficient (Wildman–Crippen LogP) is 1.35. The van der Waals surface area contributed by atoms with Crippen LogP contribution in [0.4, 0.5) is 0 Å². The number of hydrogen-bond donors (Lipinski definition) is 1. The molecule has 0 aliphatic heterocycles. The first kappa shape index (κ1) is 12.3. The van der Waals surface area contributed by atoms with E-state index in [-0.39, 0.29) is 13.2 Å². The van der Waals surface area contributed by atoms with Crippen molar-refractivity contribution in [2.75, 3.05) is 13.2 Å². The van der Waals surface area contributed by atoms with Crippen molar-refractivity contribution in [2.24, 2.45) is 0 Å². The summed E-state index contributed by atoms with van der Waals surface area (Å²) < 4.78 is 9.48. The average Bonchev–Trinajstić information content (AvgIpc) is 2.56. The molecule has 0 aliphatic carbocycles. The Labute approximate surface area is 93.7 Å². The Morgan fingerprint density at radius 3 is 2.50 bits per heavy atom. The SMILES string of the molecule is CCOC(=O)COC(=O)c1c(C)c[nH]c1C. The molecule has 0 fully saturated rings. The van der Waals surface area contributed by atoms with Gasteiger partial charge in [-0.2, -0.15) is 0 Å². The van der Waals surface area contributed by atoms with Crippen molar-refractivity contribution in [3.05, 3.63) is 23.0 Å². The third-order valence-electron chi connectivity index (χ3n) is 2.11. The fraction of sp³-hybridized carbons (Fsp3) is 0.455. The number of nitrogens with one attached hydrogen (secondary N) is 1. The molecule has 16 heavy (non-hydrogen) atoms. The monoisotopic (exact) mass is 225 g/mol. The van der Waals surface area contributed by atoms with Crippen LogP contribution >= 0.6 is 0 Å². The zero-order chi connectivity index (χ0) is 12.1. The zero-order valence-electron chi connectivity index (χ0n) is 9.62. The number of aryl methyl sites for hydroxylation is 2. The molecular formula is C11H15NO4. The van der Waals surface area contributed by atoms with Crippen molar-refractivity contribution in [1.29, 1.82) is 0 Å². The second-order valence-electron chi connectivity index (χ2n) is 3.35. The highest BCUT2D eigenvalue weighted by atomic mass is 16.6. The summed E-state index contributed by atoms with van der Waals surface area (Å²) in [5.74, 6) is -1.05. The van der Waals surface area contributed by atoms with Crippen molar-refractivity contribution in [2.45, 2.75) is 20.8 Å². The third kappa shape index (κ3) is 2.85. The van der Waals surface area contributed by atoms with E-state index < -0.39 is 11.9 Å². The molecule has 88 valence electrons. The molecule has 0 aromatic carbocycles. The number of rotatable bonds is 4. The summed E-state index contributed by atoms with van der Waals surface area (Å²) in [6, 6.07) is 0. The van der Waals surface area contributed by atoms with Gasteiger partial charge in [0.15, 0.2) is 6.61 Å². The molecule has 0 saturated heterocycles. The van der Waals surface area contributed by atoms with E-state index in [1.165, 1.54) is 0 Å². The van der Waals surface area contributed by atoms with Crippen molar-refractivity contribution in [3.8, 4) is 0 Å². The lowest BCUT2D eigenvalue weighted by molar-refractivity contribution is -0.146. The van der Waals surface area contributed by atoms with Crippen LogP contribution in [0.3, 0.4) is 0 Å². The van der Waals surface area contributed by atoms with E-state index in [0.717, 1.165) is 11.3 Å². The second kappa shape index (κ2) is 5.34. The number of carbonyl (C=O) groups excluding carboxylic acids is 2. The Bertz CT molecular complexity index is 375. The molecular weight excluding hydrogens is 210 g/mol. The molecule has 1 aromatic heterocycles. The standard InChI is InChI=1S/C11H15NO4/c1-4-15-9(13)6-16-11(14)10-7(2)5-12-8(10)3/h5,12H,4,6H2,1-3H3. The van der Waals surface area contributed by atoms with Gasteiger partial charge in [-0.05, 0) is 26.3 Å². The largest absolute Gasteiger partial charge is 0.463 e. The van der Waals surface area contributed by atoms with Gasteiger partial charge in [0.2, 0.25) is 0 Å². The first-order chi connectivity index (χ1) is 7.56. The van der Waals surface area contributed by atoms with Crippen LogP contribution in [-0.4, -0.2) is 30.1 Å². The fourth-order valence-corrected chi connectivity index (χ4v) is 1.37. The Kier molecular flexibility index (Phi) is 4.10. The highest BCUT2D eigenvalue weighted by Gasteiger charge is 2.16. The number of esters is 2. The summed E-state index contributed by atoms with van der Waals surface area (Å²) in [6.45, 7) is 5.19. The van der Waals surface area contributed by atoms with Crippen LogP contribution in [0.2, 0.25) is 0 Å². The van der Waals surface area contributed by atoms with Gasteiger partial charge >= 0.3 is 11.9 Å². The summed E-state index contributed by atoms with van der Waals surface area (Å²) in [4.78, 5) is 25.5. The summed E-state index contributed by atoms with van der Waals surface area (Å²) in [5.41, 5.74) is 2.00. The molecule has 1 heterocycles. The lowest BCUT2D eigenvalue weighted by atomic mass is 10.2. The minimum atomic E-state index is -0.540. The maximum atomic E-state index is 11.6. The molecule has 0 aliphatic rings. The number of ether oxygens (including phenoxy) is 2. The van der Waals surface area contributed by atoms with Crippen LogP contribution in [0.15, 0.2) is 6.20 Å². The van der Waals surface area contributed by atoms with Crippen LogP contribution in [-0.2, 0) is 14.3 Å². The van der Waals surface area contributed by atoms with Gasteiger partial charge in [0.1, 0.15) is 0 Å². The van der Waals surface area contributed by atoms with E-state index >= 15 is 0 Å². The average molecular weight is 225 g/mol. The molecule has 0 saturated carbocycles. The van der Waals surface area contributed by atoms with E-state index in [4.69, 9.17) is 4.74 Å². The van der Waals surface area contributed by atoms with Gasteiger partial charge < -0.3 is 14.5 Å². The Hall–Kier alpha value is -1.78. The molecule has 0 amide bonds. The number of H-pyrrole nitrogens is 1. The Balaban J connectivity index is 2.57. The highest BCUT2D eigenvalue weighted by molar-refractivity contribution is 5.93. The molecule has 1 aromatic rings. The minimum absolute atomic E-state index is 0.276. The topological polar surface area (TPSA) is 68.4 Å². The Morgan fingerprint density at radius 2 is 2.00 bits per heavy atom. The van der Waals surface area contributed by atoms with Crippen LogP contribution < -0.4 is 0 Å². The Morgan fingerprint density at radius 1 is 1.31 bits per heavy atom. The summed E-state index contributed by atoms with van der Waals surface area (Å²) >= 11 is 0. The quantitative estimate of drug-likeness (QED) is 0.785. The molecule has 0 radical (unpaired) electrons. The van der Waals surface area contributed by atoms with Gasteiger partial charge in [-0.3, -0.25) is 0 Å². The van der Waals surface area contributed by atoms with Crippen molar-refractivity contribution in [3.63, 3.8) is 0 Å². The number of hydrogen-bond acceptors (Lipinski definition) is 4. The normalized spacial score (nSPS) is 9.94.